The van der Waals surface area contributed by atoms with Crippen molar-refractivity contribution >= 4 is 5.57 Å². The summed E-state index contributed by atoms with van der Waals surface area (Å²) in [5, 5.41) is 0. The van der Waals surface area contributed by atoms with Gasteiger partial charge in [-0.25, -0.2) is 4.79 Å². The molecule has 1 aromatic rings. The maximum Gasteiger partial charge on any atom is 0.347 e. The molecule has 1 rings (SSSR count). The predicted molar refractivity (Wildman–Crippen MR) is 61.8 cm³/mol. The Morgan fingerprint density at radius 1 is 1.50 bits per heavy atom. The van der Waals surface area contributed by atoms with Gasteiger partial charge in [-0.1, -0.05) is 6.08 Å². The third kappa shape index (κ3) is 2.73. The molecule has 0 aromatic carbocycles. The summed E-state index contributed by atoms with van der Waals surface area (Å²) >= 11 is 0. The topological polar surface area (TPSA) is 48.7 Å². The van der Waals surface area contributed by atoms with Gasteiger partial charge >= 0.3 is 5.63 Å². The van der Waals surface area contributed by atoms with Crippen molar-refractivity contribution in [2.75, 3.05) is 20.8 Å². The maximum atomic E-state index is 11.7. The Morgan fingerprint density at radius 2 is 2.19 bits per heavy atom. The highest BCUT2D eigenvalue weighted by Gasteiger charge is 2.12. The first-order valence-electron chi connectivity index (χ1n) is 4.95. The summed E-state index contributed by atoms with van der Waals surface area (Å²) in [7, 11) is 3.12. The molecule has 0 bridgehead atoms. The van der Waals surface area contributed by atoms with E-state index >= 15 is 0 Å². The van der Waals surface area contributed by atoms with Gasteiger partial charge in [-0.3, -0.25) is 0 Å². The molecule has 88 valence electrons. The number of rotatable bonds is 4. The summed E-state index contributed by atoms with van der Waals surface area (Å²) in [4.78, 5) is 11.7. The lowest BCUT2D eigenvalue weighted by Crippen LogP contribution is -2.09. The van der Waals surface area contributed by atoms with Crippen LogP contribution in [0.5, 0.6) is 5.75 Å². The molecule has 0 fully saturated rings. The summed E-state index contributed by atoms with van der Waals surface area (Å²) < 4.78 is 15.1. The Kier molecular flexibility index (Phi) is 4.31. The quantitative estimate of drug-likeness (QED) is 0.785. The number of hydrogen-bond acceptors (Lipinski definition) is 4. The third-order valence-electron chi connectivity index (χ3n) is 2.21. The van der Waals surface area contributed by atoms with Gasteiger partial charge < -0.3 is 13.9 Å². The molecular formula is C12H16O4. The van der Waals surface area contributed by atoms with E-state index in [2.05, 4.69) is 0 Å². The molecule has 0 aliphatic heterocycles. The molecule has 0 radical (unpaired) electrons. The molecule has 0 N–H and O–H groups in total. The smallest absolute Gasteiger partial charge is 0.347 e. The fraction of sp³-hybridized carbons (Fsp3) is 0.417. The van der Waals surface area contributed by atoms with E-state index < -0.39 is 0 Å². The van der Waals surface area contributed by atoms with E-state index in [4.69, 9.17) is 13.9 Å². The first-order chi connectivity index (χ1) is 7.60. The first-order valence-corrected chi connectivity index (χ1v) is 4.95. The average Bonchev–Trinajstić information content (AvgIpc) is 2.24. The van der Waals surface area contributed by atoms with Crippen LogP contribution in [0.3, 0.4) is 0 Å². The molecule has 0 saturated carbocycles. The van der Waals surface area contributed by atoms with Gasteiger partial charge in [0.15, 0.2) is 0 Å². The van der Waals surface area contributed by atoms with Gasteiger partial charge in [-0.15, -0.1) is 0 Å². The summed E-state index contributed by atoms with van der Waals surface area (Å²) in [6.07, 6.45) is 1.81. The van der Waals surface area contributed by atoms with Crippen LogP contribution in [0.1, 0.15) is 18.2 Å². The SMILES string of the molecule is COC/C=C(/C)c1c(OC)cc(C)oc1=O. The van der Waals surface area contributed by atoms with Crippen LogP contribution in [-0.2, 0) is 4.74 Å². The van der Waals surface area contributed by atoms with Crippen LogP contribution in [0, 0.1) is 6.92 Å². The van der Waals surface area contributed by atoms with Gasteiger partial charge in [0.2, 0.25) is 0 Å². The van der Waals surface area contributed by atoms with E-state index in [0.717, 1.165) is 5.57 Å². The average molecular weight is 224 g/mol. The van der Waals surface area contributed by atoms with Crippen molar-refractivity contribution in [2.45, 2.75) is 13.8 Å². The number of hydrogen-bond donors (Lipinski definition) is 0. The third-order valence-corrected chi connectivity index (χ3v) is 2.21. The predicted octanol–water partition coefficient (Wildman–Crippen LogP) is 2.01. The van der Waals surface area contributed by atoms with Crippen LogP contribution in [0.25, 0.3) is 5.57 Å². The van der Waals surface area contributed by atoms with Crippen LogP contribution in [0.2, 0.25) is 0 Å². The first kappa shape index (κ1) is 12.5. The van der Waals surface area contributed by atoms with Crippen molar-refractivity contribution < 1.29 is 13.9 Å². The molecule has 0 saturated heterocycles. The minimum absolute atomic E-state index is 0.387. The van der Waals surface area contributed by atoms with Gasteiger partial charge in [0.25, 0.3) is 0 Å². The van der Waals surface area contributed by atoms with Crippen LogP contribution in [0.15, 0.2) is 21.4 Å². The number of methoxy groups -OCH3 is 2. The summed E-state index contributed by atoms with van der Waals surface area (Å²) in [5.74, 6) is 1.06. The highest BCUT2D eigenvalue weighted by Crippen LogP contribution is 2.23. The molecule has 0 unspecified atom stereocenters. The molecule has 0 spiro atoms. The van der Waals surface area contributed by atoms with Crippen LogP contribution < -0.4 is 10.4 Å². The van der Waals surface area contributed by atoms with Crippen molar-refractivity contribution in [1.82, 2.24) is 0 Å². The Labute approximate surface area is 94.5 Å². The molecule has 0 amide bonds. The number of allylic oxidation sites excluding steroid dienone is 1. The maximum absolute atomic E-state index is 11.7. The minimum Gasteiger partial charge on any atom is -0.496 e. The number of aryl methyl sites for hydroxylation is 1. The highest BCUT2D eigenvalue weighted by atomic mass is 16.5. The summed E-state index contributed by atoms with van der Waals surface area (Å²) in [5.41, 5.74) is 0.847. The molecule has 0 aliphatic carbocycles. The van der Waals surface area contributed by atoms with E-state index in [1.807, 2.05) is 13.0 Å². The standard InChI is InChI=1S/C12H16O4/c1-8(5-6-14-3)11-10(15-4)7-9(2)16-12(11)13/h5,7H,6H2,1-4H3/b8-5-. The van der Waals surface area contributed by atoms with E-state index in [1.165, 1.54) is 7.11 Å². The normalized spacial score (nSPS) is 11.6. The van der Waals surface area contributed by atoms with Crippen LogP contribution >= 0.6 is 0 Å². The van der Waals surface area contributed by atoms with Gasteiger partial charge in [0, 0.05) is 13.2 Å². The van der Waals surface area contributed by atoms with Crippen LogP contribution in [0.4, 0.5) is 0 Å². The van der Waals surface area contributed by atoms with Crippen molar-refractivity contribution in [3.63, 3.8) is 0 Å². The fourth-order valence-corrected chi connectivity index (χ4v) is 1.41. The number of ether oxygens (including phenoxy) is 2. The van der Waals surface area contributed by atoms with Crippen molar-refractivity contribution in [1.29, 1.82) is 0 Å². The highest BCUT2D eigenvalue weighted by molar-refractivity contribution is 5.68. The second kappa shape index (κ2) is 5.51. The Balaban J connectivity index is 3.26. The van der Waals surface area contributed by atoms with E-state index in [1.54, 1.807) is 20.1 Å². The summed E-state index contributed by atoms with van der Waals surface area (Å²) in [6, 6.07) is 1.70. The monoisotopic (exact) mass is 224 g/mol. The summed E-state index contributed by atoms with van der Waals surface area (Å²) in [6.45, 7) is 3.98. The second-order valence-corrected chi connectivity index (χ2v) is 3.43. The van der Waals surface area contributed by atoms with Crippen LogP contribution in [-0.4, -0.2) is 20.8 Å². The minimum atomic E-state index is -0.387. The molecule has 1 heterocycles. The molecule has 0 atom stereocenters. The molecule has 0 aliphatic rings. The van der Waals surface area contributed by atoms with E-state index in [9.17, 15) is 4.79 Å². The zero-order valence-electron chi connectivity index (χ0n) is 9.99. The second-order valence-electron chi connectivity index (χ2n) is 3.43. The van der Waals surface area contributed by atoms with Gasteiger partial charge in [-0.05, 0) is 19.4 Å². The Bertz CT molecular complexity index is 443. The van der Waals surface area contributed by atoms with Crippen molar-refractivity contribution in [3.8, 4) is 5.75 Å². The Morgan fingerprint density at radius 3 is 2.75 bits per heavy atom. The lowest BCUT2D eigenvalue weighted by atomic mass is 10.1. The zero-order chi connectivity index (χ0) is 12.1. The molecular weight excluding hydrogens is 208 g/mol. The largest absolute Gasteiger partial charge is 0.496 e. The van der Waals surface area contributed by atoms with E-state index in [0.29, 0.717) is 23.7 Å². The molecule has 4 nitrogen and oxygen atoms in total. The molecule has 1 aromatic heterocycles. The lowest BCUT2D eigenvalue weighted by molar-refractivity contribution is 0.234. The van der Waals surface area contributed by atoms with Crippen molar-refractivity contribution in [2.24, 2.45) is 0 Å². The van der Waals surface area contributed by atoms with Crippen molar-refractivity contribution in [3.05, 3.63) is 33.9 Å². The lowest BCUT2D eigenvalue weighted by Gasteiger charge is -2.07. The Hall–Kier alpha value is -1.55. The van der Waals surface area contributed by atoms with Gasteiger partial charge in [0.1, 0.15) is 17.1 Å². The molecule has 4 heteroatoms. The molecule has 16 heavy (non-hydrogen) atoms. The van der Waals surface area contributed by atoms with Gasteiger partial charge in [0.05, 0.1) is 13.7 Å². The van der Waals surface area contributed by atoms with E-state index in [-0.39, 0.29) is 5.63 Å². The zero-order valence-corrected chi connectivity index (χ0v) is 9.99. The van der Waals surface area contributed by atoms with Gasteiger partial charge in [-0.2, -0.15) is 0 Å². The fourth-order valence-electron chi connectivity index (χ4n) is 1.41.